The number of nitrogens with one attached hydrogen (secondary N) is 2. The van der Waals surface area contributed by atoms with Crippen molar-refractivity contribution >= 4 is 27.8 Å². The Hall–Kier alpha value is -3.04. The molecule has 12 heteroatoms. The van der Waals surface area contributed by atoms with Gasteiger partial charge in [0.15, 0.2) is 0 Å². The SMILES string of the molecule is CC(C)S(=O)(=O)N1CCN(/C(C=N)=C(\OC#CC2CCC[C@H](F)C2)C(=O)Nc2cc(F)cc(F)c2)CC1. The predicted molar refractivity (Wildman–Crippen MR) is 134 cm³/mol. The van der Waals surface area contributed by atoms with Crippen LogP contribution in [0.2, 0.25) is 0 Å². The lowest BCUT2D eigenvalue weighted by Gasteiger charge is -2.36. The molecule has 2 N–H and O–H groups in total. The van der Waals surface area contributed by atoms with Crippen LogP contribution in [0, 0.1) is 35.0 Å². The second kappa shape index (κ2) is 12.5. The molecule has 1 heterocycles. The van der Waals surface area contributed by atoms with Crippen LogP contribution in [0.4, 0.5) is 18.9 Å². The summed E-state index contributed by atoms with van der Waals surface area (Å²) < 4.78 is 72.8. The summed E-state index contributed by atoms with van der Waals surface area (Å²) in [5.74, 6) is -0.516. The number of anilines is 1. The Balaban J connectivity index is 1.87. The standard InChI is InChI=1S/C25H31F3N4O4S/c1-17(2)37(34,35)32-9-7-31(8-10-32)23(16-29)24(36-11-6-18-4-3-5-19(26)12-18)25(33)30-22-14-20(27)13-21(28)15-22/h13-19,29H,3-5,7-10,12H2,1-2H3,(H,30,33)/b24-23-,29-16?/t18?,19-/m0/s1. The Labute approximate surface area is 215 Å². The summed E-state index contributed by atoms with van der Waals surface area (Å²) in [5.41, 5.74) is -0.140. The fraction of sp³-hybridized carbons (Fsp3) is 0.520. The van der Waals surface area contributed by atoms with Crippen LogP contribution in [0.25, 0.3) is 0 Å². The number of halogens is 3. The van der Waals surface area contributed by atoms with E-state index in [0.717, 1.165) is 18.3 Å². The smallest absolute Gasteiger partial charge is 0.294 e. The minimum absolute atomic E-state index is 0.0253. The highest BCUT2D eigenvalue weighted by Gasteiger charge is 2.31. The lowest BCUT2D eigenvalue weighted by Crippen LogP contribution is -2.50. The number of rotatable bonds is 7. The molecule has 1 aromatic carbocycles. The second-order valence-electron chi connectivity index (χ2n) is 9.26. The molecule has 0 radical (unpaired) electrons. The van der Waals surface area contributed by atoms with Crippen molar-refractivity contribution in [2.24, 2.45) is 5.92 Å². The fourth-order valence-electron chi connectivity index (χ4n) is 4.24. The van der Waals surface area contributed by atoms with Gasteiger partial charge in [-0.15, -0.1) is 0 Å². The first-order valence-corrected chi connectivity index (χ1v) is 13.6. The largest absolute Gasteiger partial charge is 0.399 e. The summed E-state index contributed by atoms with van der Waals surface area (Å²) >= 11 is 0. The van der Waals surface area contributed by atoms with Crippen molar-refractivity contribution in [1.82, 2.24) is 9.21 Å². The molecule has 1 aromatic rings. The first-order chi connectivity index (χ1) is 17.5. The first-order valence-electron chi connectivity index (χ1n) is 12.1. The fourth-order valence-corrected chi connectivity index (χ4v) is 5.50. The van der Waals surface area contributed by atoms with Crippen molar-refractivity contribution in [2.75, 3.05) is 31.5 Å². The van der Waals surface area contributed by atoms with Gasteiger partial charge in [-0.2, -0.15) is 4.31 Å². The highest BCUT2D eigenvalue weighted by atomic mass is 32.2. The number of ether oxygens (including phenoxy) is 1. The van der Waals surface area contributed by atoms with Gasteiger partial charge in [-0.1, -0.05) is 5.92 Å². The predicted octanol–water partition coefficient (Wildman–Crippen LogP) is 3.63. The number of carbonyl (C=O) groups is 1. The molecular formula is C25H31F3N4O4S. The van der Waals surface area contributed by atoms with E-state index in [0.29, 0.717) is 25.3 Å². The van der Waals surface area contributed by atoms with Crippen LogP contribution in [0.15, 0.2) is 29.7 Å². The van der Waals surface area contributed by atoms with E-state index in [1.165, 1.54) is 4.31 Å². The van der Waals surface area contributed by atoms with E-state index in [1.54, 1.807) is 18.7 Å². The second-order valence-corrected chi connectivity index (χ2v) is 11.7. The van der Waals surface area contributed by atoms with Crippen LogP contribution in [0.3, 0.4) is 0 Å². The van der Waals surface area contributed by atoms with Crippen LogP contribution in [-0.2, 0) is 19.6 Å². The molecule has 1 aliphatic heterocycles. The van der Waals surface area contributed by atoms with E-state index < -0.39 is 39.0 Å². The molecule has 3 rings (SSSR count). The number of sulfonamides is 1. The molecule has 2 fully saturated rings. The van der Waals surface area contributed by atoms with Gasteiger partial charge in [0, 0.05) is 50.1 Å². The van der Waals surface area contributed by atoms with E-state index in [2.05, 4.69) is 17.3 Å². The van der Waals surface area contributed by atoms with Crippen LogP contribution < -0.4 is 5.32 Å². The Morgan fingerprint density at radius 3 is 2.38 bits per heavy atom. The first kappa shape index (κ1) is 28.5. The molecule has 37 heavy (non-hydrogen) atoms. The molecule has 0 bridgehead atoms. The normalized spacial score (nSPS) is 21.5. The van der Waals surface area contributed by atoms with Gasteiger partial charge in [-0.3, -0.25) is 4.79 Å². The number of nitrogens with zero attached hydrogens (tertiary/aromatic N) is 2. The summed E-state index contributed by atoms with van der Waals surface area (Å²) in [6, 6.07) is 2.51. The maximum atomic E-state index is 13.7. The Bertz CT molecular complexity index is 1180. The zero-order valence-electron chi connectivity index (χ0n) is 20.8. The lowest BCUT2D eigenvalue weighted by atomic mass is 9.89. The summed E-state index contributed by atoms with van der Waals surface area (Å²) in [6.45, 7) is 3.79. The van der Waals surface area contributed by atoms with Gasteiger partial charge in [0.25, 0.3) is 5.91 Å². The summed E-state index contributed by atoms with van der Waals surface area (Å²) in [6.07, 6.45) is 4.49. The number of alkyl halides is 1. The van der Waals surface area contributed by atoms with Crippen LogP contribution in [0.5, 0.6) is 0 Å². The van der Waals surface area contributed by atoms with Crippen molar-refractivity contribution in [3.05, 3.63) is 41.3 Å². The van der Waals surface area contributed by atoms with Crippen molar-refractivity contribution in [3.63, 3.8) is 0 Å². The number of piperazine rings is 1. The van der Waals surface area contributed by atoms with Crippen molar-refractivity contribution < 1.29 is 31.1 Å². The average Bonchev–Trinajstić information content (AvgIpc) is 2.83. The highest BCUT2D eigenvalue weighted by molar-refractivity contribution is 7.89. The number of allylic oxidation sites excluding steroid dienone is 1. The third kappa shape index (κ3) is 7.49. The van der Waals surface area contributed by atoms with E-state index in [1.807, 2.05) is 0 Å². The zero-order chi connectivity index (χ0) is 27.2. The Kier molecular flexibility index (Phi) is 9.62. The van der Waals surface area contributed by atoms with Gasteiger partial charge in [-0.05, 0) is 51.7 Å². The van der Waals surface area contributed by atoms with Gasteiger partial charge in [0.2, 0.25) is 15.8 Å². The molecule has 202 valence electrons. The van der Waals surface area contributed by atoms with Gasteiger partial charge < -0.3 is 20.4 Å². The molecule has 1 unspecified atom stereocenters. The van der Waals surface area contributed by atoms with Crippen LogP contribution in [0.1, 0.15) is 39.5 Å². The number of amides is 1. The minimum Gasteiger partial charge on any atom is -0.399 e. The van der Waals surface area contributed by atoms with E-state index in [9.17, 15) is 26.4 Å². The maximum absolute atomic E-state index is 13.7. The van der Waals surface area contributed by atoms with Gasteiger partial charge in [0.1, 0.15) is 29.6 Å². The molecule has 0 spiro atoms. The minimum atomic E-state index is -3.47. The molecular weight excluding hydrogens is 509 g/mol. The molecule has 2 aliphatic rings. The van der Waals surface area contributed by atoms with Crippen molar-refractivity contribution in [3.8, 4) is 12.0 Å². The summed E-state index contributed by atoms with van der Waals surface area (Å²) in [4.78, 5) is 14.7. The van der Waals surface area contributed by atoms with Crippen LogP contribution >= 0.6 is 0 Å². The third-order valence-corrected chi connectivity index (χ3v) is 8.53. The van der Waals surface area contributed by atoms with E-state index in [-0.39, 0.29) is 55.7 Å². The number of benzene rings is 1. The number of hydrogen-bond acceptors (Lipinski definition) is 6. The number of hydrogen-bond donors (Lipinski definition) is 2. The molecule has 2 atom stereocenters. The van der Waals surface area contributed by atoms with Crippen LogP contribution in [-0.4, -0.2) is 67.3 Å². The maximum Gasteiger partial charge on any atom is 0.294 e. The van der Waals surface area contributed by atoms with E-state index >= 15 is 0 Å². The quantitative estimate of drug-likeness (QED) is 0.238. The molecule has 0 aromatic heterocycles. The Morgan fingerprint density at radius 2 is 1.81 bits per heavy atom. The van der Waals surface area contributed by atoms with Gasteiger partial charge in [-0.25, -0.2) is 21.6 Å². The summed E-state index contributed by atoms with van der Waals surface area (Å²) in [5, 5.41) is 9.70. The van der Waals surface area contributed by atoms with Crippen molar-refractivity contribution in [1.29, 1.82) is 5.41 Å². The monoisotopic (exact) mass is 540 g/mol. The Morgan fingerprint density at radius 1 is 1.16 bits per heavy atom. The average molecular weight is 541 g/mol. The zero-order valence-corrected chi connectivity index (χ0v) is 21.6. The van der Waals surface area contributed by atoms with Gasteiger partial charge >= 0.3 is 0 Å². The van der Waals surface area contributed by atoms with E-state index in [4.69, 9.17) is 10.1 Å². The highest BCUT2D eigenvalue weighted by Crippen LogP contribution is 2.26. The number of carbonyl (C=O) groups excluding carboxylic acids is 1. The lowest BCUT2D eigenvalue weighted by molar-refractivity contribution is -0.115. The summed E-state index contributed by atoms with van der Waals surface area (Å²) in [7, 11) is -3.47. The molecule has 1 aliphatic carbocycles. The van der Waals surface area contributed by atoms with Crippen molar-refractivity contribution in [2.45, 2.75) is 51.0 Å². The molecule has 1 saturated heterocycles. The molecule has 1 saturated carbocycles. The molecule has 1 amide bonds. The molecule has 8 nitrogen and oxygen atoms in total. The van der Waals surface area contributed by atoms with Gasteiger partial charge in [0.05, 0.1) is 5.25 Å². The topological polar surface area (TPSA) is 103 Å². The third-order valence-electron chi connectivity index (χ3n) is 6.26.